The van der Waals surface area contributed by atoms with Crippen LogP contribution < -0.4 is 5.32 Å². The van der Waals surface area contributed by atoms with Gasteiger partial charge < -0.3 is 10.4 Å². The quantitative estimate of drug-likeness (QED) is 0.570. The van der Waals surface area contributed by atoms with Crippen molar-refractivity contribution in [2.75, 3.05) is 13.1 Å². The Bertz CT molecular complexity index is 1010. The molecule has 31 heavy (non-hydrogen) atoms. The number of aliphatic hydroxyl groups is 1. The molecule has 0 spiro atoms. The topological polar surface area (TPSA) is 62.5 Å². The molecule has 0 atom stereocenters. The van der Waals surface area contributed by atoms with Gasteiger partial charge in [0.05, 0.1) is 11.3 Å². The van der Waals surface area contributed by atoms with Crippen molar-refractivity contribution in [2.24, 2.45) is 0 Å². The number of rotatable bonds is 7. The van der Waals surface area contributed by atoms with Crippen molar-refractivity contribution in [2.45, 2.75) is 71.3 Å². The van der Waals surface area contributed by atoms with E-state index < -0.39 is 5.60 Å². The van der Waals surface area contributed by atoms with Crippen LogP contribution in [0.15, 0.2) is 30.3 Å². The van der Waals surface area contributed by atoms with Crippen molar-refractivity contribution in [3.8, 4) is 0 Å². The van der Waals surface area contributed by atoms with Gasteiger partial charge in [0.1, 0.15) is 0 Å². The predicted octanol–water partition coefficient (Wildman–Crippen LogP) is 4.36. The van der Waals surface area contributed by atoms with Crippen molar-refractivity contribution >= 4 is 18.1 Å². The van der Waals surface area contributed by atoms with Crippen LogP contribution in [0.3, 0.4) is 0 Å². The maximum Gasteiger partial charge on any atom is 0.159 e. The molecular weight excluding hydrogens is 408 g/mol. The number of hydrogen-bond acceptors (Lipinski definition) is 4. The van der Waals surface area contributed by atoms with Crippen LogP contribution in [0.2, 0.25) is 0 Å². The number of halogens is 1. The summed E-state index contributed by atoms with van der Waals surface area (Å²) in [5.74, 6) is 0. The first-order valence-electron chi connectivity index (χ1n) is 11.3. The Balaban J connectivity index is 0.00000272. The molecule has 0 bridgehead atoms. The zero-order chi connectivity index (χ0) is 21.1. The first-order valence-corrected chi connectivity index (χ1v) is 11.3. The summed E-state index contributed by atoms with van der Waals surface area (Å²) in [7, 11) is 0. The van der Waals surface area contributed by atoms with Gasteiger partial charge >= 0.3 is 0 Å². The molecular formula is C25H35ClN4O. The number of nitrogens with zero attached hydrogens (tertiary/aromatic N) is 3. The van der Waals surface area contributed by atoms with Gasteiger partial charge in [-0.2, -0.15) is 5.10 Å². The number of fused-ring (bicyclic) bond motifs is 1. The summed E-state index contributed by atoms with van der Waals surface area (Å²) in [6.45, 7) is 8.16. The van der Waals surface area contributed by atoms with E-state index in [4.69, 9.17) is 10.1 Å². The number of aromatic nitrogens is 3. The molecule has 168 valence electrons. The summed E-state index contributed by atoms with van der Waals surface area (Å²) in [5, 5.41) is 18.8. The van der Waals surface area contributed by atoms with Crippen molar-refractivity contribution < 1.29 is 5.11 Å². The van der Waals surface area contributed by atoms with E-state index in [1.807, 2.05) is 11.4 Å². The molecule has 0 aliphatic carbocycles. The number of piperidine rings is 1. The minimum atomic E-state index is -0.464. The summed E-state index contributed by atoms with van der Waals surface area (Å²) in [5.41, 5.74) is 7.70. The van der Waals surface area contributed by atoms with Gasteiger partial charge in [-0.25, -0.2) is 9.50 Å². The molecule has 4 rings (SSSR count). The highest BCUT2D eigenvalue weighted by Gasteiger charge is 2.28. The number of aryl methyl sites for hydroxylation is 4. The van der Waals surface area contributed by atoms with E-state index in [0.717, 1.165) is 80.8 Å². The van der Waals surface area contributed by atoms with Crippen molar-refractivity contribution in [3.63, 3.8) is 0 Å². The lowest BCUT2D eigenvalue weighted by molar-refractivity contribution is 0.000920. The third kappa shape index (κ3) is 5.46. The van der Waals surface area contributed by atoms with Gasteiger partial charge in [-0.05, 0) is 82.7 Å². The Hall–Kier alpha value is -1.95. The van der Waals surface area contributed by atoms with Crippen LogP contribution in [-0.4, -0.2) is 38.4 Å². The Kier molecular flexibility index (Phi) is 7.73. The second-order valence-corrected chi connectivity index (χ2v) is 8.87. The Labute approximate surface area is 191 Å². The lowest BCUT2D eigenvalue weighted by Crippen LogP contribution is -2.41. The molecule has 6 heteroatoms. The Morgan fingerprint density at radius 1 is 1.10 bits per heavy atom. The second kappa shape index (κ2) is 10.1. The van der Waals surface area contributed by atoms with Crippen LogP contribution >= 0.6 is 12.4 Å². The fourth-order valence-electron chi connectivity index (χ4n) is 4.67. The van der Waals surface area contributed by atoms with E-state index >= 15 is 0 Å². The smallest absolute Gasteiger partial charge is 0.159 e. The van der Waals surface area contributed by atoms with Gasteiger partial charge in [-0.15, -0.1) is 12.4 Å². The largest absolute Gasteiger partial charge is 0.390 e. The van der Waals surface area contributed by atoms with E-state index in [9.17, 15) is 5.11 Å². The van der Waals surface area contributed by atoms with E-state index in [2.05, 4.69) is 49.5 Å². The highest BCUT2D eigenvalue weighted by molar-refractivity contribution is 5.85. The average molecular weight is 443 g/mol. The maximum atomic E-state index is 10.7. The van der Waals surface area contributed by atoms with E-state index in [1.54, 1.807) is 0 Å². The number of nitrogens with one attached hydrogen (secondary N) is 1. The first-order chi connectivity index (χ1) is 14.5. The van der Waals surface area contributed by atoms with Crippen molar-refractivity contribution in [1.82, 2.24) is 19.9 Å². The standard InChI is InChI=1S/C25H34N4O.ClH/c1-4-23-22(24-27-18(2)16-19(3)29(24)28-23)17-21-9-7-20(8-10-21)6-5-11-25(30)12-14-26-15-13-25;/h7-10,16,26,30H,4-6,11-15,17H2,1-3H3;1H. The molecule has 1 aliphatic heterocycles. The number of benzene rings is 1. The molecule has 1 aliphatic rings. The summed E-state index contributed by atoms with van der Waals surface area (Å²) in [6, 6.07) is 11.0. The SMILES string of the molecule is CCc1nn2c(C)cc(C)nc2c1Cc1ccc(CCCC2(O)CCNCC2)cc1.Cl. The molecule has 2 N–H and O–H groups in total. The van der Waals surface area contributed by atoms with Gasteiger partial charge in [-0.3, -0.25) is 0 Å². The third-order valence-electron chi connectivity index (χ3n) is 6.45. The summed E-state index contributed by atoms with van der Waals surface area (Å²) in [4.78, 5) is 4.78. The molecule has 1 fully saturated rings. The Morgan fingerprint density at radius 2 is 1.77 bits per heavy atom. The average Bonchev–Trinajstić information content (AvgIpc) is 3.07. The van der Waals surface area contributed by atoms with Gasteiger partial charge in [-0.1, -0.05) is 31.2 Å². The number of hydrogen-bond donors (Lipinski definition) is 2. The molecule has 0 unspecified atom stereocenters. The predicted molar refractivity (Wildman–Crippen MR) is 128 cm³/mol. The zero-order valence-corrected chi connectivity index (χ0v) is 19.8. The van der Waals surface area contributed by atoms with Crippen LogP contribution in [0.4, 0.5) is 0 Å². The summed E-state index contributed by atoms with van der Waals surface area (Å²) < 4.78 is 1.99. The van der Waals surface area contributed by atoms with Crippen LogP contribution in [0.25, 0.3) is 5.65 Å². The van der Waals surface area contributed by atoms with Crippen LogP contribution in [0.1, 0.15) is 66.4 Å². The van der Waals surface area contributed by atoms with Gasteiger partial charge in [0.15, 0.2) is 5.65 Å². The molecule has 0 saturated carbocycles. The fourth-order valence-corrected chi connectivity index (χ4v) is 4.67. The van der Waals surface area contributed by atoms with Gasteiger partial charge in [0.2, 0.25) is 0 Å². The molecule has 1 saturated heterocycles. The van der Waals surface area contributed by atoms with Crippen LogP contribution in [0.5, 0.6) is 0 Å². The molecule has 1 aromatic carbocycles. The Morgan fingerprint density at radius 3 is 2.45 bits per heavy atom. The van der Waals surface area contributed by atoms with Crippen LogP contribution in [-0.2, 0) is 19.3 Å². The highest BCUT2D eigenvalue weighted by atomic mass is 35.5. The zero-order valence-electron chi connectivity index (χ0n) is 18.9. The second-order valence-electron chi connectivity index (χ2n) is 8.87. The normalized spacial score (nSPS) is 15.7. The van der Waals surface area contributed by atoms with Gasteiger partial charge in [0.25, 0.3) is 0 Å². The lowest BCUT2D eigenvalue weighted by atomic mass is 9.86. The van der Waals surface area contributed by atoms with E-state index in [-0.39, 0.29) is 12.4 Å². The molecule has 0 radical (unpaired) electrons. The molecule has 0 amide bonds. The van der Waals surface area contributed by atoms with Crippen molar-refractivity contribution in [1.29, 1.82) is 0 Å². The van der Waals surface area contributed by atoms with Crippen LogP contribution in [0, 0.1) is 13.8 Å². The molecule has 5 nitrogen and oxygen atoms in total. The lowest BCUT2D eigenvalue weighted by Gasteiger charge is -2.32. The highest BCUT2D eigenvalue weighted by Crippen LogP contribution is 2.25. The molecule has 2 aromatic heterocycles. The van der Waals surface area contributed by atoms with Gasteiger partial charge in [0, 0.05) is 23.4 Å². The molecule has 3 aromatic rings. The first kappa shape index (κ1) is 23.7. The fraction of sp³-hybridized carbons (Fsp3) is 0.520. The molecule has 3 heterocycles. The van der Waals surface area contributed by atoms with Crippen molar-refractivity contribution in [3.05, 3.63) is 64.1 Å². The monoisotopic (exact) mass is 442 g/mol. The van der Waals surface area contributed by atoms with E-state index in [1.165, 1.54) is 16.7 Å². The van der Waals surface area contributed by atoms with E-state index in [0.29, 0.717) is 0 Å². The third-order valence-corrected chi connectivity index (χ3v) is 6.45. The summed E-state index contributed by atoms with van der Waals surface area (Å²) in [6.07, 6.45) is 6.46. The minimum Gasteiger partial charge on any atom is -0.390 e. The summed E-state index contributed by atoms with van der Waals surface area (Å²) >= 11 is 0. The maximum absolute atomic E-state index is 10.7. The minimum absolute atomic E-state index is 0.